The van der Waals surface area contributed by atoms with Gasteiger partial charge >= 0.3 is 5.97 Å². The summed E-state index contributed by atoms with van der Waals surface area (Å²) in [6.07, 6.45) is 3.87. The first kappa shape index (κ1) is 14.7. The molecule has 1 N–H and O–H groups in total. The number of hydrogen-bond acceptors (Lipinski definition) is 3. The molecule has 3 aromatic rings. The highest BCUT2D eigenvalue weighted by atomic mass is 16.4. The molecule has 0 spiro atoms. The van der Waals surface area contributed by atoms with Crippen LogP contribution in [0, 0.1) is 0 Å². The van der Waals surface area contributed by atoms with Crippen LogP contribution in [-0.2, 0) is 12.8 Å². The Morgan fingerprint density at radius 2 is 2.00 bits per heavy atom. The molecule has 0 fully saturated rings. The van der Waals surface area contributed by atoms with Gasteiger partial charge in [0.15, 0.2) is 0 Å². The van der Waals surface area contributed by atoms with E-state index in [9.17, 15) is 9.90 Å². The van der Waals surface area contributed by atoms with Crippen molar-refractivity contribution in [2.45, 2.75) is 12.8 Å². The minimum absolute atomic E-state index is 0.313. The summed E-state index contributed by atoms with van der Waals surface area (Å²) in [6, 6.07) is 15.6. The van der Waals surface area contributed by atoms with Crippen LogP contribution >= 0.6 is 0 Å². The lowest BCUT2D eigenvalue weighted by Gasteiger charge is -2.21. The summed E-state index contributed by atoms with van der Waals surface area (Å²) in [6.45, 7) is 1.88. The number of pyridine rings is 1. The molecule has 1 aliphatic heterocycles. The zero-order chi connectivity index (χ0) is 16.5. The Hall–Kier alpha value is -2.88. The number of rotatable bonds is 4. The third kappa shape index (κ3) is 2.60. The van der Waals surface area contributed by atoms with Gasteiger partial charge in [0.1, 0.15) is 0 Å². The first-order valence-electron chi connectivity index (χ1n) is 8.16. The van der Waals surface area contributed by atoms with Crippen molar-refractivity contribution in [3.8, 4) is 0 Å². The smallest absolute Gasteiger partial charge is 0.335 e. The van der Waals surface area contributed by atoms with Gasteiger partial charge in [0.2, 0.25) is 0 Å². The zero-order valence-corrected chi connectivity index (χ0v) is 13.3. The van der Waals surface area contributed by atoms with Gasteiger partial charge in [-0.15, -0.1) is 0 Å². The van der Waals surface area contributed by atoms with Crippen LogP contribution in [0.25, 0.3) is 10.9 Å². The molecule has 0 atom stereocenters. The van der Waals surface area contributed by atoms with Crippen LogP contribution in [0.4, 0.5) is 5.69 Å². The van der Waals surface area contributed by atoms with Gasteiger partial charge in [-0.2, -0.15) is 0 Å². The van der Waals surface area contributed by atoms with Gasteiger partial charge in [0, 0.05) is 24.7 Å². The molecule has 0 saturated carbocycles. The summed E-state index contributed by atoms with van der Waals surface area (Å²) < 4.78 is 0. The summed E-state index contributed by atoms with van der Waals surface area (Å²) >= 11 is 0. The second-order valence-corrected chi connectivity index (χ2v) is 6.14. The first-order chi connectivity index (χ1) is 11.7. The SMILES string of the molecule is O=C(O)c1ccc2ncc3c(c2c1)N(CCc1ccccc1)CC3. The predicted octanol–water partition coefficient (Wildman–Crippen LogP) is 3.54. The van der Waals surface area contributed by atoms with Gasteiger partial charge in [0.25, 0.3) is 0 Å². The molecule has 0 unspecified atom stereocenters. The molecule has 0 saturated heterocycles. The lowest BCUT2D eigenvalue weighted by atomic mass is 10.1. The fourth-order valence-corrected chi connectivity index (χ4v) is 3.41. The molecule has 0 amide bonds. The molecule has 1 aliphatic rings. The van der Waals surface area contributed by atoms with E-state index in [1.807, 2.05) is 12.3 Å². The fourth-order valence-electron chi connectivity index (χ4n) is 3.41. The van der Waals surface area contributed by atoms with Crippen LogP contribution in [0.1, 0.15) is 21.5 Å². The minimum Gasteiger partial charge on any atom is -0.478 e. The van der Waals surface area contributed by atoms with Crippen molar-refractivity contribution in [3.63, 3.8) is 0 Å². The van der Waals surface area contributed by atoms with E-state index in [0.29, 0.717) is 5.56 Å². The molecule has 4 rings (SSSR count). The number of hydrogen-bond donors (Lipinski definition) is 1. The van der Waals surface area contributed by atoms with E-state index in [-0.39, 0.29) is 0 Å². The third-order valence-electron chi connectivity index (χ3n) is 4.64. The van der Waals surface area contributed by atoms with Gasteiger partial charge in [0.05, 0.1) is 16.8 Å². The third-order valence-corrected chi connectivity index (χ3v) is 4.64. The Balaban J connectivity index is 1.70. The maximum atomic E-state index is 11.3. The number of carbonyl (C=O) groups is 1. The zero-order valence-electron chi connectivity index (χ0n) is 13.3. The van der Waals surface area contributed by atoms with Gasteiger partial charge in [-0.1, -0.05) is 30.3 Å². The molecular formula is C20H18N2O2. The lowest BCUT2D eigenvalue weighted by molar-refractivity contribution is 0.0697. The second kappa shape index (κ2) is 5.96. The van der Waals surface area contributed by atoms with Crippen LogP contribution in [0.2, 0.25) is 0 Å². The second-order valence-electron chi connectivity index (χ2n) is 6.14. The number of aromatic nitrogens is 1. The average molecular weight is 318 g/mol. The number of carboxylic acid groups (broad SMARTS) is 1. The Morgan fingerprint density at radius 3 is 2.79 bits per heavy atom. The summed E-state index contributed by atoms with van der Waals surface area (Å²) in [5.41, 5.74) is 4.84. The lowest BCUT2D eigenvalue weighted by Crippen LogP contribution is -2.23. The molecule has 2 aromatic carbocycles. The van der Waals surface area contributed by atoms with Crippen LogP contribution in [0.5, 0.6) is 0 Å². The van der Waals surface area contributed by atoms with Gasteiger partial charge in [-0.3, -0.25) is 4.98 Å². The maximum absolute atomic E-state index is 11.3. The normalized spacial score (nSPS) is 13.2. The van der Waals surface area contributed by atoms with Crippen molar-refractivity contribution in [2.24, 2.45) is 0 Å². The van der Waals surface area contributed by atoms with Crippen molar-refractivity contribution in [2.75, 3.05) is 18.0 Å². The number of fused-ring (bicyclic) bond motifs is 3. The van der Waals surface area contributed by atoms with E-state index >= 15 is 0 Å². The van der Waals surface area contributed by atoms with E-state index in [1.165, 1.54) is 11.1 Å². The van der Waals surface area contributed by atoms with Crippen LogP contribution < -0.4 is 4.90 Å². The van der Waals surface area contributed by atoms with Crippen LogP contribution in [0.3, 0.4) is 0 Å². The van der Waals surface area contributed by atoms with Crippen molar-refractivity contribution in [1.29, 1.82) is 0 Å². The molecule has 0 aliphatic carbocycles. The van der Waals surface area contributed by atoms with Crippen LogP contribution in [0.15, 0.2) is 54.7 Å². The highest BCUT2D eigenvalue weighted by Crippen LogP contribution is 2.35. The Bertz CT molecular complexity index is 906. The highest BCUT2D eigenvalue weighted by molar-refractivity contribution is 5.99. The highest BCUT2D eigenvalue weighted by Gasteiger charge is 2.22. The average Bonchev–Trinajstić information content (AvgIpc) is 3.04. The van der Waals surface area contributed by atoms with Crippen molar-refractivity contribution >= 4 is 22.6 Å². The first-order valence-corrected chi connectivity index (χ1v) is 8.16. The van der Waals surface area contributed by atoms with Crippen LogP contribution in [-0.4, -0.2) is 29.1 Å². The summed E-state index contributed by atoms with van der Waals surface area (Å²) in [7, 11) is 0. The molecule has 24 heavy (non-hydrogen) atoms. The van der Waals surface area contributed by atoms with Gasteiger partial charge in [-0.05, 0) is 42.2 Å². The van der Waals surface area contributed by atoms with Gasteiger partial charge < -0.3 is 10.0 Å². The Labute approximate surface area is 140 Å². The molecular weight excluding hydrogens is 300 g/mol. The fraction of sp³-hybridized carbons (Fsp3) is 0.200. The quantitative estimate of drug-likeness (QED) is 0.799. The van der Waals surface area contributed by atoms with Crippen molar-refractivity contribution < 1.29 is 9.90 Å². The largest absolute Gasteiger partial charge is 0.478 e. The van der Waals surface area contributed by atoms with Crippen molar-refractivity contribution in [1.82, 2.24) is 4.98 Å². The molecule has 0 radical (unpaired) electrons. The summed E-state index contributed by atoms with van der Waals surface area (Å²) in [5, 5.41) is 10.2. The Morgan fingerprint density at radius 1 is 1.17 bits per heavy atom. The minimum atomic E-state index is -0.900. The maximum Gasteiger partial charge on any atom is 0.335 e. The van der Waals surface area contributed by atoms with E-state index < -0.39 is 5.97 Å². The van der Waals surface area contributed by atoms with E-state index in [4.69, 9.17) is 0 Å². The van der Waals surface area contributed by atoms with Crippen molar-refractivity contribution in [3.05, 3.63) is 71.4 Å². The molecule has 120 valence electrons. The summed E-state index contributed by atoms with van der Waals surface area (Å²) in [5.74, 6) is -0.900. The predicted molar refractivity (Wildman–Crippen MR) is 94.8 cm³/mol. The number of aromatic carboxylic acids is 1. The molecule has 4 nitrogen and oxygen atoms in total. The van der Waals surface area contributed by atoms with E-state index in [2.05, 4.69) is 34.1 Å². The van der Waals surface area contributed by atoms with E-state index in [1.54, 1.807) is 18.2 Å². The summed E-state index contributed by atoms with van der Waals surface area (Å²) in [4.78, 5) is 18.1. The standard InChI is InChI=1S/C20H18N2O2/c23-20(24)15-6-7-18-17(12-15)19-16(13-21-18)9-11-22(19)10-8-14-4-2-1-3-5-14/h1-7,12-13H,8-11H2,(H,23,24). The number of carboxylic acids is 1. The molecule has 1 aromatic heterocycles. The monoisotopic (exact) mass is 318 g/mol. The molecule has 0 bridgehead atoms. The van der Waals surface area contributed by atoms with E-state index in [0.717, 1.165) is 42.5 Å². The molecule has 4 heteroatoms. The topological polar surface area (TPSA) is 53.4 Å². The Kier molecular flexibility index (Phi) is 3.65. The number of benzene rings is 2. The number of anilines is 1. The van der Waals surface area contributed by atoms with Gasteiger partial charge in [-0.25, -0.2) is 4.79 Å². The number of nitrogens with zero attached hydrogens (tertiary/aromatic N) is 2. The molecule has 2 heterocycles.